The smallest absolute Gasteiger partial charge is 0.254 e. The van der Waals surface area contributed by atoms with Crippen LogP contribution in [0.3, 0.4) is 0 Å². The summed E-state index contributed by atoms with van der Waals surface area (Å²) in [7, 11) is 0. The van der Waals surface area contributed by atoms with Gasteiger partial charge in [0.2, 0.25) is 0 Å². The van der Waals surface area contributed by atoms with E-state index in [4.69, 9.17) is 15.7 Å². The Hall–Kier alpha value is -5.87. The van der Waals surface area contributed by atoms with Gasteiger partial charge in [-0.2, -0.15) is 0 Å². The van der Waals surface area contributed by atoms with Crippen molar-refractivity contribution in [2.24, 2.45) is 0 Å². The number of benzene rings is 3. The number of imidazole rings is 1. The van der Waals surface area contributed by atoms with Crippen molar-refractivity contribution in [3.8, 4) is 34.1 Å². The van der Waals surface area contributed by atoms with Crippen LogP contribution in [0.5, 0.6) is 5.75 Å². The van der Waals surface area contributed by atoms with E-state index >= 15 is 0 Å². The van der Waals surface area contributed by atoms with E-state index in [-0.39, 0.29) is 29.3 Å². The quantitative estimate of drug-likeness (QED) is 0.213. The minimum absolute atomic E-state index is 0.0874. The van der Waals surface area contributed by atoms with E-state index in [2.05, 4.69) is 34.1 Å². The average Bonchev–Trinajstić information content (AvgIpc) is 3.51. The molecule has 6 heterocycles. The first-order valence-electron chi connectivity index (χ1n) is 16.0. The average molecular weight is 636 g/mol. The number of hydrogen-bond donors (Lipinski definition) is 2. The lowest BCUT2D eigenvalue weighted by Crippen LogP contribution is -2.63. The Morgan fingerprint density at radius 2 is 1.71 bits per heavy atom. The van der Waals surface area contributed by atoms with Crippen LogP contribution in [-0.4, -0.2) is 71.8 Å². The molecule has 3 fully saturated rings. The number of nitrogens with zero attached hydrogens (tertiary/aromatic N) is 6. The van der Waals surface area contributed by atoms with E-state index < -0.39 is 0 Å². The van der Waals surface area contributed by atoms with Crippen LogP contribution in [-0.2, 0) is 6.54 Å². The Bertz CT molecular complexity index is 2160. The van der Waals surface area contributed by atoms with Gasteiger partial charge in [-0.3, -0.25) is 19.1 Å². The van der Waals surface area contributed by atoms with Gasteiger partial charge >= 0.3 is 0 Å². The van der Waals surface area contributed by atoms with E-state index in [9.17, 15) is 14.7 Å². The van der Waals surface area contributed by atoms with Crippen LogP contribution in [0.15, 0.2) is 103 Å². The van der Waals surface area contributed by atoms with E-state index in [1.807, 2.05) is 64.1 Å². The maximum Gasteiger partial charge on any atom is 0.254 e. The second-order valence-corrected chi connectivity index (χ2v) is 12.4. The highest BCUT2D eigenvalue weighted by atomic mass is 16.3. The number of nitrogens with two attached hydrogens (primary N) is 1. The maximum atomic E-state index is 13.4. The molecule has 10 nitrogen and oxygen atoms in total. The summed E-state index contributed by atoms with van der Waals surface area (Å²) < 4.78 is 2.05. The fourth-order valence-corrected chi connectivity index (χ4v) is 7.04. The predicted molar refractivity (Wildman–Crippen MR) is 184 cm³/mol. The molecular weight excluding hydrogens is 602 g/mol. The van der Waals surface area contributed by atoms with Gasteiger partial charge in [-0.1, -0.05) is 42.5 Å². The third kappa shape index (κ3) is 5.26. The fourth-order valence-electron chi connectivity index (χ4n) is 7.04. The molecule has 2 atom stereocenters. The molecule has 3 aliphatic rings. The van der Waals surface area contributed by atoms with Crippen LogP contribution in [0.1, 0.15) is 39.1 Å². The number of aromatic nitrogens is 4. The molecule has 2 bridgehead atoms. The molecule has 48 heavy (non-hydrogen) atoms. The number of amides is 1. The van der Waals surface area contributed by atoms with Gasteiger partial charge in [0.05, 0.1) is 16.8 Å². The van der Waals surface area contributed by atoms with Crippen LogP contribution in [0, 0.1) is 0 Å². The lowest BCUT2D eigenvalue weighted by atomic mass is 9.89. The van der Waals surface area contributed by atoms with Gasteiger partial charge in [-0.15, -0.1) is 0 Å². The Labute approximate surface area is 277 Å². The fraction of sp³-hybridized carbons (Fsp3) is 0.184. The summed E-state index contributed by atoms with van der Waals surface area (Å²) in [6.07, 6.45) is 4.22. The number of pyridine rings is 2. The third-order valence-corrected chi connectivity index (χ3v) is 9.54. The molecule has 0 aliphatic carbocycles. The number of piperidine rings is 2. The number of aldehydes is 1. The number of phenols is 1. The predicted octanol–water partition coefficient (Wildman–Crippen LogP) is 5.74. The Morgan fingerprint density at radius 1 is 0.896 bits per heavy atom. The summed E-state index contributed by atoms with van der Waals surface area (Å²) >= 11 is 0. The molecule has 3 aromatic carbocycles. The molecule has 3 N–H and O–H groups in total. The zero-order valence-electron chi connectivity index (χ0n) is 26.1. The van der Waals surface area contributed by atoms with Gasteiger partial charge in [0.15, 0.2) is 17.8 Å². The first kappa shape index (κ1) is 29.5. The largest absolute Gasteiger partial charge is 0.507 e. The summed E-state index contributed by atoms with van der Waals surface area (Å²) in [6.45, 7) is 2.17. The number of carbonyl (C=O) groups is 2. The Balaban J connectivity index is 1.06. The van der Waals surface area contributed by atoms with Crippen LogP contribution >= 0.6 is 0 Å². The summed E-state index contributed by atoms with van der Waals surface area (Å²) in [5, 5.41) is 10.1. The van der Waals surface area contributed by atoms with E-state index in [1.165, 1.54) is 17.7 Å². The lowest BCUT2D eigenvalue weighted by molar-refractivity contribution is -0.0154. The Kier molecular flexibility index (Phi) is 7.41. The molecule has 0 saturated carbocycles. The SMILES string of the molecule is Nc1ncccc1-c1nc2ccc(-c3ccccc3)nc2n1-c1ccc(CN2CC3CCC2CN3C(=O)c2ccc(C=O)c(O)c2)cc1. The molecule has 0 spiro atoms. The van der Waals surface area contributed by atoms with E-state index in [0.717, 1.165) is 59.6 Å². The second kappa shape index (κ2) is 12.1. The zero-order valence-corrected chi connectivity index (χ0v) is 26.1. The van der Waals surface area contributed by atoms with Crippen LogP contribution in [0.25, 0.3) is 39.5 Å². The molecule has 3 aromatic heterocycles. The number of carbonyl (C=O) groups excluding carboxylic acids is 2. The molecule has 3 aliphatic heterocycles. The first-order chi connectivity index (χ1) is 23.5. The van der Waals surface area contributed by atoms with E-state index in [0.29, 0.717) is 30.0 Å². The highest BCUT2D eigenvalue weighted by Gasteiger charge is 2.41. The number of nitrogen functional groups attached to an aromatic ring is 1. The summed E-state index contributed by atoms with van der Waals surface area (Å²) in [5.74, 6) is 0.794. The standard InChI is InChI=1S/C38H33N7O3/c39-35-31(7-4-18-40-35)36-42-33-17-16-32(25-5-2-1-3-6-25)41-37(33)45(36)28-12-8-24(9-13-28)20-43-21-30-15-14-29(43)22-44(30)38(48)26-10-11-27(23-46)34(47)19-26/h1-13,16-19,23,29-30,47H,14-15,20-22H2,(H2,39,40). The van der Waals surface area contributed by atoms with Gasteiger partial charge in [0.25, 0.3) is 5.91 Å². The number of anilines is 1. The molecule has 2 unspecified atom stereocenters. The minimum atomic E-state index is -0.171. The molecule has 0 radical (unpaired) electrons. The topological polar surface area (TPSA) is 130 Å². The number of aromatic hydroxyl groups is 1. The van der Waals surface area contributed by atoms with Crippen LogP contribution < -0.4 is 5.73 Å². The van der Waals surface area contributed by atoms with Gasteiger partial charge in [0.1, 0.15) is 17.1 Å². The zero-order chi connectivity index (χ0) is 32.8. The van der Waals surface area contributed by atoms with Crippen molar-refractivity contribution in [3.63, 3.8) is 0 Å². The molecule has 3 saturated heterocycles. The van der Waals surface area contributed by atoms with E-state index in [1.54, 1.807) is 12.3 Å². The van der Waals surface area contributed by atoms with Gasteiger partial charge in [0, 0.05) is 54.7 Å². The maximum absolute atomic E-state index is 13.4. The molecule has 1 amide bonds. The Morgan fingerprint density at radius 3 is 2.44 bits per heavy atom. The number of rotatable bonds is 7. The van der Waals surface area contributed by atoms with Crippen molar-refractivity contribution in [2.75, 3.05) is 18.8 Å². The molecule has 6 aromatic rings. The van der Waals surface area contributed by atoms with Crippen LogP contribution in [0.4, 0.5) is 5.82 Å². The molecule has 10 heteroatoms. The summed E-state index contributed by atoms with van der Waals surface area (Å²) in [5.41, 5.74) is 13.1. The van der Waals surface area contributed by atoms with Crippen molar-refractivity contribution in [3.05, 3.63) is 120 Å². The highest BCUT2D eigenvalue weighted by Crippen LogP contribution is 2.34. The third-order valence-electron chi connectivity index (χ3n) is 9.54. The minimum Gasteiger partial charge on any atom is -0.507 e. The van der Waals surface area contributed by atoms with Crippen molar-refractivity contribution >= 4 is 29.2 Å². The van der Waals surface area contributed by atoms with Crippen molar-refractivity contribution in [1.82, 2.24) is 29.3 Å². The number of piperazine rings is 1. The molecule has 238 valence electrons. The summed E-state index contributed by atoms with van der Waals surface area (Å²) in [4.78, 5) is 43.2. The molecule has 9 rings (SSSR count). The number of hydrogen-bond acceptors (Lipinski definition) is 8. The number of phenolic OH excluding ortho intramolecular Hbond substituents is 1. The second-order valence-electron chi connectivity index (χ2n) is 12.4. The normalized spacial score (nSPS) is 17.5. The van der Waals surface area contributed by atoms with Crippen molar-refractivity contribution < 1.29 is 14.7 Å². The van der Waals surface area contributed by atoms with Gasteiger partial charge < -0.3 is 15.7 Å². The van der Waals surface area contributed by atoms with Gasteiger partial charge in [-0.25, -0.2) is 15.0 Å². The van der Waals surface area contributed by atoms with Crippen LogP contribution in [0.2, 0.25) is 0 Å². The van der Waals surface area contributed by atoms with Crippen molar-refractivity contribution in [1.29, 1.82) is 0 Å². The number of fused-ring (bicyclic) bond motifs is 4. The first-order valence-corrected chi connectivity index (χ1v) is 16.0. The molecular formula is C38H33N7O3. The lowest BCUT2D eigenvalue weighted by Gasteiger charge is -2.51. The van der Waals surface area contributed by atoms with Crippen molar-refractivity contribution in [2.45, 2.75) is 31.5 Å². The summed E-state index contributed by atoms with van der Waals surface area (Å²) in [6, 6.07) is 31.1. The van der Waals surface area contributed by atoms with Gasteiger partial charge in [-0.05, 0) is 73.0 Å². The monoisotopic (exact) mass is 635 g/mol. The highest BCUT2D eigenvalue weighted by molar-refractivity contribution is 5.96.